The zero-order valence-electron chi connectivity index (χ0n) is 8.17. The van der Waals surface area contributed by atoms with E-state index in [-0.39, 0.29) is 12.1 Å². The summed E-state index contributed by atoms with van der Waals surface area (Å²) in [6, 6.07) is 0. The van der Waals surface area contributed by atoms with Crippen molar-refractivity contribution in [2.75, 3.05) is 0 Å². The molecule has 0 aromatic heterocycles. The van der Waals surface area contributed by atoms with Gasteiger partial charge in [-0.1, -0.05) is 13.8 Å². The van der Waals surface area contributed by atoms with E-state index in [0.29, 0.717) is 11.8 Å². The number of esters is 1. The van der Waals surface area contributed by atoms with Gasteiger partial charge in [-0.15, -0.1) is 0 Å². The van der Waals surface area contributed by atoms with Gasteiger partial charge in [0.1, 0.15) is 6.10 Å². The quantitative estimate of drug-likeness (QED) is 0.595. The number of hydrogen-bond donors (Lipinski definition) is 0. The van der Waals surface area contributed by atoms with E-state index in [1.807, 2.05) is 0 Å². The minimum absolute atomic E-state index is 0.132. The Balaban J connectivity index is 2.46. The average Bonchev–Trinajstić information content (AvgIpc) is 2.33. The fourth-order valence-electron chi connectivity index (χ4n) is 2.08. The summed E-state index contributed by atoms with van der Waals surface area (Å²) in [5.74, 6) is 1.10. The Kier molecular flexibility index (Phi) is 3.12. The van der Waals surface area contributed by atoms with Crippen LogP contribution in [0.3, 0.4) is 0 Å². The van der Waals surface area contributed by atoms with E-state index in [1.54, 1.807) is 0 Å². The molecule has 0 bridgehead atoms. The van der Waals surface area contributed by atoms with E-state index < -0.39 is 0 Å². The van der Waals surface area contributed by atoms with Crippen molar-refractivity contribution in [3.8, 4) is 0 Å². The number of ether oxygens (including phenoxy) is 1. The van der Waals surface area contributed by atoms with Crippen LogP contribution in [0.15, 0.2) is 0 Å². The molecule has 1 aliphatic rings. The fraction of sp³-hybridized carbons (Fsp3) is 0.900. The molecule has 2 heteroatoms. The molecule has 0 amide bonds. The summed E-state index contributed by atoms with van der Waals surface area (Å²) in [5.41, 5.74) is 0. The van der Waals surface area contributed by atoms with Crippen molar-refractivity contribution in [2.24, 2.45) is 11.8 Å². The van der Waals surface area contributed by atoms with Crippen molar-refractivity contribution in [2.45, 2.75) is 46.1 Å². The Morgan fingerprint density at radius 3 is 2.58 bits per heavy atom. The van der Waals surface area contributed by atoms with Gasteiger partial charge in [0.25, 0.3) is 0 Å². The number of carbonyl (C=O) groups is 1. The molecule has 1 saturated carbocycles. The molecule has 1 aliphatic carbocycles. The van der Waals surface area contributed by atoms with Crippen LogP contribution < -0.4 is 0 Å². The molecule has 1 fully saturated rings. The predicted molar refractivity (Wildman–Crippen MR) is 47.7 cm³/mol. The molecule has 0 N–H and O–H groups in total. The normalized spacial score (nSPS) is 29.3. The van der Waals surface area contributed by atoms with E-state index in [9.17, 15) is 4.79 Å². The summed E-state index contributed by atoms with van der Waals surface area (Å²) in [4.78, 5) is 10.7. The number of hydrogen-bond acceptors (Lipinski definition) is 2. The lowest BCUT2D eigenvalue weighted by molar-refractivity contribution is -0.148. The summed E-state index contributed by atoms with van der Waals surface area (Å²) in [6.07, 6.45) is 3.68. The summed E-state index contributed by atoms with van der Waals surface area (Å²) in [7, 11) is 0. The third-order valence-corrected chi connectivity index (χ3v) is 2.68. The van der Waals surface area contributed by atoms with Crippen LogP contribution in [0.2, 0.25) is 0 Å². The van der Waals surface area contributed by atoms with Crippen LogP contribution >= 0.6 is 0 Å². The Hall–Kier alpha value is -0.530. The Labute approximate surface area is 74.3 Å². The lowest BCUT2D eigenvalue weighted by Crippen LogP contribution is -2.24. The Morgan fingerprint density at radius 2 is 2.08 bits per heavy atom. The third-order valence-electron chi connectivity index (χ3n) is 2.68. The number of carbonyl (C=O) groups excluding carboxylic acids is 1. The first-order valence-electron chi connectivity index (χ1n) is 4.78. The van der Waals surface area contributed by atoms with Crippen LogP contribution in [0.25, 0.3) is 0 Å². The third kappa shape index (κ3) is 2.23. The Morgan fingerprint density at radius 1 is 1.42 bits per heavy atom. The zero-order valence-corrected chi connectivity index (χ0v) is 8.17. The van der Waals surface area contributed by atoms with Gasteiger partial charge in [-0.2, -0.15) is 0 Å². The highest BCUT2D eigenvalue weighted by atomic mass is 16.5. The van der Waals surface area contributed by atoms with Crippen LogP contribution in [0, 0.1) is 11.8 Å². The molecule has 0 heterocycles. The van der Waals surface area contributed by atoms with Crippen molar-refractivity contribution in [1.82, 2.24) is 0 Å². The van der Waals surface area contributed by atoms with E-state index in [0.717, 1.165) is 6.42 Å². The second kappa shape index (κ2) is 3.92. The van der Waals surface area contributed by atoms with Gasteiger partial charge in [0.2, 0.25) is 0 Å². The van der Waals surface area contributed by atoms with E-state index in [2.05, 4.69) is 13.8 Å². The van der Waals surface area contributed by atoms with Crippen molar-refractivity contribution in [3.05, 3.63) is 0 Å². The van der Waals surface area contributed by atoms with Gasteiger partial charge in [-0.3, -0.25) is 4.79 Å². The van der Waals surface area contributed by atoms with E-state index in [1.165, 1.54) is 19.8 Å². The second-order valence-electron chi connectivity index (χ2n) is 3.99. The minimum Gasteiger partial charge on any atom is -0.462 e. The van der Waals surface area contributed by atoms with Crippen LogP contribution in [-0.2, 0) is 9.53 Å². The molecule has 0 saturated heterocycles. The van der Waals surface area contributed by atoms with Crippen LogP contribution in [0.1, 0.15) is 40.0 Å². The smallest absolute Gasteiger partial charge is 0.302 e. The van der Waals surface area contributed by atoms with Crippen molar-refractivity contribution >= 4 is 5.97 Å². The molecule has 0 aromatic rings. The molecule has 12 heavy (non-hydrogen) atoms. The molecule has 2 nitrogen and oxygen atoms in total. The van der Waals surface area contributed by atoms with Gasteiger partial charge in [-0.25, -0.2) is 0 Å². The first-order valence-corrected chi connectivity index (χ1v) is 4.78. The van der Waals surface area contributed by atoms with Crippen molar-refractivity contribution in [1.29, 1.82) is 0 Å². The average molecular weight is 170 g/mol. The van der Waals surface area contributed by atoms with Crippen molar-refractivity contribution in [3.63, 3.8) is 0 Å². The molecule has 0 spiro atoms. The molecule has 0 radical (unpaired) electrons. The van der Waals surface area contributed by atoms with Gasteiger partial charge in [0.05, 0.1) is 0 Å². The van der Waals surface area contributed by atoms with Gasteiger partial charge in [-0.05, 0) is 31.1 Å². The van der Waals surface area contributed by atoms with Crippen molar-refractivity contribution < 1.29 is 9.53 Å². The molecule has 70 valence electrons. The molecule has 0 aromatic carbocycles. The maximum absolute atomic E-state index is 10.7. The lowest BCUT2D eigenvalue weighted by Gasteiger charge is -2.22. The summed E-state index contributed by atoms with van der Waals surface area (Å²) < 4.78 is 5.25. The Bertz CT molecular complexity index is 163. The van der Waals surface area contributed by atoms with Crippen LogP contribution in [0.5, 0.6) is 0 Å². The van der Waals surface area contributed by atoms with Gasteiger partial charge >= 0.3 is 5.97 Å². The SMILES string of the molecule is CC(=O)O[C@@H]1CCC[C@H]1C(C)C. The molecule has 0 aliphatic heterocycles. The topological polar surface area (TPSA) is 26.3 Å². The molecular formula is C10H18O2. The highest BCUT2D eigenvalue weighted by Crippen LogP contribution is 2.33. The van der Waals surface area contributed by atoms with E-state index >= 15 is 0 Å². The summed E-state index contributed by atoms with van der Waals surface area (Å²) >= 11 is 0. The van der Waals surface area contributed by atoms with E-state index in [4.69, 9.17) is 4.74 Å². The monoisotopic (exact) mass is 170 g/mol. The maximum Gasteiger partial charge on any atom is 0.302 e. The second-order valence-corrected chi connectivity index (χ2v) is 3.99. The first-order chi connectivity index (χ1) is 5.61. The highest BCUT2D eigenvalue weighted by molar-refractivity contribution is 5.66. The van der Waals surface area contributed by atoms with Gasteiger partial charge < -0.3 is 4.74 Å². The zero-order chi connectivity index (χ0) is 9.14. The number of rotatable bonds is 2. The molecular weight excluding hydrogens is 152 g/mol. The highest BCUT2D eigenvalue weighted by Gasteiger charge is 2.31. The lowest BCUT2D eigenvalue weighted by atomic mass is 9.92. The van der Waals surface area contributed by atoms with Gasteiger partial charge in [0, 0.05) is 6.92 Å². The predicted octanol–water partition coefficient (Wildman–Crippen LogP) is 2.37. The van der Waals surface area contributed by atoms with Crippen LogP contribution in [-0.4, -0.2) is 12.1 Å². The first kappa shape index (κ1) is 9.56. The van der Waals surface area contributed by atoms with Gasteiger partial charge in [0.15, 0.2) is 0 Å². The minimum atomic E-state index is -0.132. The molecule has 2 atom stereocenters. The maximum atomic E-state index is 10.7. The fourth-order valence-corrected chi connectivity index (χ4v) is 2.08. The summed E-state index contributed by atoms with van der Waals surface area (Å²) in [5, 5.41) is 0. The standard InChI is InChI=1S/C10H18O2/c1-7(2)9-5-4-6-10(9)12-8(3)11/h7,9-10H,4-6H2,1-3H3/t9-,10+/m0/s1. The molecule has 1 rings (SSSR count). The van der Waals surface area contributed by atoms with Crippen LogP contribution in [0.4, 0.5) is 0 Å². The largest absolute Gasteiger partial charge is 0.462 e. The molecule has 0 unspecified atom stereocenters. The summed E-state index contributed by atoms with van der Waals surface area (Å²) in [6.45, 7) is 5.90.